The van der Waals surface area contributed by atoms with Crippen LogP contribution in [0.5, 0.6) is 0 Å². The molecule has 1 heterocycles. The predicted molar refractivity (Wildman–Crippen MR) is 47.1 cm³/mol. The van der Waals surface area contributed by atoms with Crippen molar-refractivity contribution in [2.75, 3.05) is 6.54 Å². The second-order valence-corrected chi connectivity index (χ2v) is 3.55. The van der Waals surface area contributed by atoms with Gasteiger partial charge >= 0.3 is 5.97 Å². The number of hydrogen-bond acceptors (Lipinski definition) is 2. The second kappa shape index (κ2) is 4.45. The highest BCUT2D eigenvalue weighted by Gasteiger charge is 2.20. The Labute approximate surface area is 73.2 Å². The van der Waals surface area contributed by atoms with Gasteiger partial charge in [0.25, 0.3) is 0 Å². The maximum absolute atomic E-state index is 10.4. The van der Waals surface area contributed by atoms with Gasteiger partial charge in [-0.25, -0.2) is 0 Å². The minimum Gasteiger partial charge on any atom is -0.481 e. The van der Waals surface area contributed by atoms with E-state index in [1.165, 1.54) is 0 Å². The summed E-state index contributed by atoms with van der Waals surface area (Å²) in [6, 6.07) is 0.620. The molecule has 2 N–H and O–H groups in total. The summed E-state index contributed by atoms with van der Waals surface area (Å²) in [5, 5.41) is 11.9. The molecule has 0 bridgehead atoms. The van der Waals surface area contributed by atoms with Crippen LogP contribution in [0.25, 0.3) is 0 Å². The average Bonchev–Trinajstić information content (AvgIpc) is 2.05. The smallest absolute Gasteiger partial charge is 0.303 e. The minimum atomic E-state index is -0.670. The van der Waals surface area contributed by atoms with Gasteiger partial charge in [0.05, 0.1) is 0 Å². The maximum Gasteiger partial charge on any atom is 0.303 e. The van der Waals surface area contributed by atoms with Crippen molar-refractivity contribution in [2.24, 2.45) is 5.92 Å². The van der Waals surface area contributed by atoms with E-state index in [4.69, 9.17) is 5.11 Å². The van der Waals surface area contributed by atoms with Gasteiger partial charge in [0, 0.05) is 12.5 Å². The minimum absolute atomic E-state index is 0.323. The lowest BCUT2D eigenvalue weighted by Crippen LogP contribution is -2.39. The summed E-state index contributed by atoms with van der Waals surface area (Å²) in [7, 11) is 0. The number of piperidine rings is 1. The Kier molecular flexibility index (Phi) is 3.53. The Balaban J connectivity index is 2.21. The van der Waals surface area contributed by atoms with Gasteiger partial charge in [-0.2, -0.15) is 0 Å². The fourth-order valence-electron chi connectivity index (χ4n) is 1.74. The van der Waals surface area contributed by atoms with Gasteiger partial charge in [-0.05, 0) is 31.7 Å². The van der Waals surface area contributed by atoms with E-state index in [0.717, 1.165) is 25.8 Å². The standard InChI is InChI=1S/C9H17NO2/c1-2-8-4-3-7(6-10-8)5-9(11)12/h7-8,10H,2-6H2,1H3,(H,11,12). The first-order chi connectivity index (χ1) is 5.72. The van der Waals surface area contributed by atoms with E-state index < -0.39 is 5.97 Å². The zero-order valence-electron chi connectivity index (χ0n) is 7.55. The SMILES string of the molecule is CCC1CCC(CC(=O)O)CN1. The Bertz CT molecular complexity index is 151. The van der Waals surface area contributed by atoms with E-state index in [9.17, 15) is 4.79 Å². The van der Waals surface area contributed by atoms with Crippen LogP contribution in [0.3, 0.4) is 0 Å². The lowest BCUT2D eigenvalue weighted by atomic mass is 9.91. The molecule has 70 valence electrons. The van der Waals surface area contributed by atoms with Crippen LogP contribution in [0, 0.1) is 5.92 Å². The molecule has 1 saturated heterocycles. The number of aliphatic carboxylic acids is 1. The molecule has 0 aromatic rings. The molecule has 0 spiro atoms. The molecule has 1 fully saturated rings. The molecule has 3 heteroatoms. The third-order valence-corrected chi connectivity index (χ3v) is 2.57. The molecule has 2 unspecified atom stereocenters. The molecule has 3 nitrogen and oxygen atoms in total. The van der Waals surface area contributed by atoms with E-state index in [-0.39, 0.29) is 0 Å². The van der Waals surface area contributed by atoms with Gasteiger partial charge in [0.15, 0.2) is 0 Å². The normalized spacial score (nSPS) is 30.1. The molecular formula is C9H17NO2. The van der Waals surface area contributed by atoms with Crippen molar-refractivity contribution in [3.8, 4) is 0 Å². The van der Waals surface area contributed by atoms with Gasteiger partial charge in [-0.1, -0.05) is 6.92 Å². The first-order valence-electron chi connectivity index (χ1n) is 4.67. The fourth-order valence-corrected chi connectivity index (χ4v) is 1.74. The third kappa shape index (κ3) is 2.81. The molecule has 1 aliphatic heterocycles. The lowest BCUT2D eigenvalue weighted by Gasteiger charge is -2.28. The molecule has 0 aromatic heterocycles. The number of nitrogens with one attached hydrogen (secondary N) is 1. The van der Waals surface area contributed by atoms with Gasteiger partial charge in [0.2, 0.25) is 0 Å². The number of carbonyl (C=O) groups is 1. The zero-order valence-corrected chi connectivity index (χ0v) is 7.55. The maximum atomic E-state index is 10.4. The Morgan fingerprint density at radius 2 is 2.33 bits per heavy atom. The highest BCUT2D eigenvalue weighted by molar-refractivity contribution is 5.67. The van der Waals surface area contributed by atoms with Crippen LogP contribution in [-0.4, -0.2) is 23.7 Å². The first kappa shape index (κ1) is 9.52. The molecule has 0 aliphatic carbocycles. The number of carboxylic acid groups (broad SMARTS) is 1. The highest BCUT2D eigenvalue weighted by Crippen LogP contribution is 2.18. The van der Waals surface area contributed by atoms with E-state index in [1.807, 2.05) is 0 Å². The van der Waals surface area contributed by atoms with Gasteiger partial charge in [0.1, 0.15) is 0 Å². The molecule has 1 rings (SSSR count). The van der Waals surface area contributed by atoms with Gasteiger partial charge in [-0.3, -0.25) is 4.79 Å². The van der Waals surface area contributed by atoms with Crippen LogP contribution in [0.2, 0.25) is 0 Å². The molecular weight excluding hydrogens is 154 g/mol. The monoisotopic (exact) mass is 171 g/mol. The van der Waals surface area contributed by atoms with Crippen LogP contribution < -0.4 is 5.32 Å². The lowest BCUT2D eigenvalue weighted by molar-refractivity contribution is -0.138. The van der Waals surface area contributed by atoms with Crippen LogP contribution >= 0.6 is 0 Å². The Morgan fingerprint density at radius 3 is 2.75 bits per heavy atom. The quantitative estimate of drug-likeness (QED) is 0.671. The molecule has 0 radical (unpaired) electrons. The summed E-state index contributed by atoms with van der Waals surface area (Å²) in [5.41, 5.74) is 0. The van der Waals surface area contributed by atoms with Gasteiger partial charge in [-0.15, -0.1) is 0 Å². The molecule has 0 amide bonds. The zero-order chi connectivity index (χ0) is 8.97. The topological polar surface area (TPSA) is 49.3 Å². The highest BCUT2D eigenvalue weighted by atomic mass is 16.4. The van der Waals surface area contributed by atoms with Crippen LogP contribution in [0.4, 0.5) is 0 Å². The van der Waals surface area contributed by atoms with E-state index in [1.54, 1.807) is 0 Å². The summed E-state index contributed by atoms with van der Waals surface area (Å²) >= 11 is 0. The molecule has 0 aromatic carbocycles. The van der Waals surface area contributed by atoms with Crippen molar-refractivity contribution >= 4 is 5.97 Å². The fraction of sp³-hybridized carbons (Fsp3) is 0.889. The van der Waals surface area contributed by atoms with E-state index >= 15 is 0 Å². The van der Waals surface area contributed by atoms with E-state index in [2.05, 4.69) is 12.2 Å². The van der Waals surface area contributed by atoms with E-state index in [0.29, 0.717) is 18.4 Å². The molecule has 0 saturated carbocycles. The van der Waals surface area contributed by atoms with Crippen molar-refractivity contribution in [2.45, 2.75) is 38.6 Å². The third-order valence-electron chi connectivity index (χ3n) is 2.57. The molecule has 2 atom stereocenters. The number of hydrogen-bond donors (Lipinski definition) is 2. The van der Waals surface area contributed by atoms with Gasteiger partial charge < -0.3 is 10.4 Å². The van der Waals surface area contributed by atoms with Crippen molar-refractivity contribution in [3.63, 3.8) is 0 Å². The summed E-state index contributed by atoms with van der Waals surface area (Å²) in [6.45, 7) is 3.04. The first-order valence-corrected chi connectivity index (χ1v) is 4.67. The van der Waals surface area contributed by atoms with Crippen molar-refractivity contribution in [1.82, 2.24) is 5.32 Å². The van der Waals surface area contributed by atoms with Crippen LogP contribution in [-0.2, 0) is 4.79 Å². The predicted octanol–water partition coefficient (Wildman–Crippen LogP) is 1.24. The summed E-state index contributed by atoms with van der Waals surface area (Å²) in [6.07, 6.45) is 3.68. The van der Waals surface area contributed by atoms with Crippen molar-refractivity contribution in [3.05, 3.63) is 0 Å². The van der Waals surface area contributed by atoms with Crippen molar-refractivity contribution < 1.29 is 9.90 Å². The summed E-state index contributed by atoms with van der Waals surface area (Å²) < 4.78 is 0. The average molecular weight is 171 g/mol. The summed E-state index contributed by atoms with van der Waals surface area (Å²) in [4.78, 5) is 10.4. The van der Waals surface area contributed by atoms with Crippen LogP contribution in [0.1, 0.15) is 32.6 Å². The molecule has 12 heavy (non-hydrogen) atoms. The Morgan fingerprint density at radius 1 is 1.58 bits per heavy atom. The number of rotatable bonds is 3. The Hall–Kier alpha value is -0.570. The van der Waals surface area contributed by atoms with Crippen LogP contribution in [0.15, 0.2) is 0 Å². The van der Waals surface area contributed by atoms with Crippen molar-refractivity contribution in [1.29, 1.82) is 0 Å². The molecule has 1 aliphatic rings. The largest absolute Gasteiger partial charge is 0.481 e. The second-order valence-electron chi connectivity index (χ2n) is 3.55. The number of carboxylic acids is 1. The summed E-state index contributed by atoms with van der Waals surface area (Å²) in [5.74, 6) is -0.318.